The van der Waals surface area contributed by atoms with Crippen LogP contribution in [0.4, 0.5) is 0 Å². The quantitative estimate of drug-likeness (QED) is 0.830. The molecule has 15 heavy (non-hydrogen) atoms. The Morgan fingerprint density at radius 2 is 2.07 bits per heavy atom. The summed E-state index contributed by atoms with van der Waals surface area (Å²) in [5, 5.41) is 12.8. The summed E-state index contributed by atoms with van der Waals surface area (Å²) in [7, 11) is 4.78. The van der Waals surface area contributed by atoms with Gasteiger partial charge in [0.1, 0.15) is 10.8 Å². The molecule has 0 heterocycles. The van der Waals surface area contributed by atoms with Crippen molar-refractivity contribution in [1.82, 2.24) is 5.32 Å². The maximum atomic E-state index is 9.75. The van der Waals surface area contributed by atoms with Crippen LogP contribution in [0.3, 0.4) is 0 Å². The molecule has 0 aliphatic heterocycles. The highest BCUT2D eigenvalue weighted by Crippen LogP contribution is 2.43. The lowest BCUT2D eigenvalue weighted by Gasteiger charge is -2.13. The van der Waals surface area contributed by atoms with Gasteiger partial charge in [0, 0.05) is 12.1 Å². The number of hydrogen-bond acceptors (Lipinski definition) is 4. The molecule has 1 rings (SSSR count). The maximum absolute atomic E-state index is 9.75. The Kier molecular flexibility index (Phi) is 4.05. The van der Waals surface area contributed by atoms with Gasteiger partial charge in [-0.05, 0) is 13.1 Å². The van der Waals surface area contributed by atoms with Crippen molar-refractivity contribution in [3.63, 3.8) is 0 Å². The minimum Gasteiger partial charge on any atom is -0.506 e. The molecule has 0 aromatic heterocycles. The second-order valence-corrected chi connectivity index (χ2v) is 3.34. The third-order valence-electron chi connectivity index (χ3n) is 2.03. The van der Waals surface area contributed by atoms with E-state index in [2.05, 4.69) is 5.32 Å². The maximum Gasteiger partial charge on any atom is 0.183 e. The summed E-state index contributed by atoms with van der Waals surface area (Å²) in [4.78, 5) is 0. The standard InChI is InChI=1S/C10H14ClNO3/c1-12-5-6-4-7(14-2)10(15-3)8(11)9(6)13/h4,12-13H,5H2,1-3H3. The van der Waals surface area contributed by atoms with Crippen LogP contribution in [0.15, 0.2) is 6.07 Å². The molecule has 84 valence electrons. The van der Waals surface area contributed by atoms with Crippen LogP contribution >= 0.6 is 11.6 Å². The zero-order chi connectivity index (χ0) is 11.4. The summed E-state index contributed by atoms with van der Waals surface area (Å²) in [5.41, 5.74) is 0.667. The number of halogens is 1. The molecule has 0 saturated carbocycles. The molecule has 1 aromatic rings. The smallest absolute Gasteiger partial charge is 0.183 e. The van der Waals surface area contributed by atoms with Crippen LogP contribution in [0.25, 0.3) is 0 Å². The second kappa shape index (κ2) is 5.09. The summed E-state index contributed by atoms with van der Waals surface area (Å²) in [6, 6.07) is 1.69. The fraction of sp³-hybridized carbons (Fsp3) is 0.400. The lowest BCUT2D eigenvalue weighted by molar-refractivity contribution is 0.350. The van der Waals surface area contributed by atoms with Gasteiger partial charge in [-0.1, -0.05) is 11.6 Å². The van der Waals surface area contributed by atoms with Crippen LogP contribution in [-0.4, -0.2) is 26.4 Å². The Morgan fingerprint density at radius 1 is 1.40 bits per heavy atom. The Morgan fingerprint density at radius 3 is 2.53 bits per heavy atom. The van der Waals surface area contributed by atoms with Gasteiger partial charge < -0.3 is 19.9 Å². The predicted octanol–water partition coefficient (Wildman–Crippen LogP) is 1.78. The van der Waals surface area contributed by atoms with Gasteiger partial charge >= 0.3 is 0 Å². The van der Waals surface area contributed by atoms with Crippen LogP contribution in [0.5, 0.6) is 17.2 Å². The molecule has 0 amide bonds. The first kappa shape index (κ1) is 11.9. The molecule has 5 heteroatoms. The zero-order valence-corrected chi connectivity index (χ0v) is 9.68. The lowest BCUT2D eigenvalue weighted by Crippen LogP contribution is -2.06. The highest BCUT2D eigenvalue weighted by Gasteiger charge is 2.16. The van der Waals surface area contributed by atoms with Crippen molar-refractivity contribution in [2.75, 3.05) is 21.3 Å². The minimum absolute atomic E-state index is 0.0173. The van der Waals surface area contributed by atoms with Crippen molar-refractivity contribution in [2.45, 2.75) is 6.54 Å². The molecular weight excluding hydrogens is 218 g/mol. The Balaban J connectivity index is 3.29. The Bertz CT molecular complexity index is 355. The van der Waals surface area contributed by atoms with E-state index in [0.717, 1.165) is 0 Å². The number of ether oxygens (including phenoxy) is 2. The number of aromatic hydroxyl groups is 1. The highest BCUT2D eigenvalue weighted by molar-refractivity contribution is 6.33. The van der Waals surface area contributed by atoms with Gasteiger partial charge in [-0.3, -0.25) is 0 Å². The normalized spacial score (nSPS) is 10.1. The van der Waals surface area contributed by atoms with E-state index in [9.17, 15) is 5.11 Å². The molecule has 0 unspecified atom stereocenters. The molecule has 0 radical (unpaired) electrons. The zero-order valence-electron chi connectivity index (χ0n) is 8.93. The first-order valence-corrected chi connectivity index (χ1v) is 4.80. The average Bonchev–Trinajstić information content (AvgIpc) is 2.24. The van der Waals surface area contributed by atoms with E-state index >= 15 is 0 Å². The van der Waals surface area contributed by atoms with E-state index in [4.69, 9.17) is 21.1 Å². The molecule has 0 spiro atoms. The topological polar surface area (TPSA) is 50.7 Å². The van der Waals surface area contributed by atoms with Gasteiger partial charge in [-0.15, -0.1) is 0 Å². The predicted molar refractivity (Wildman–Crippen MR) is 59.0 cm³/mol. The third-order valence-corrected chi connectivity index (χ3v) is 2.38. The number of hydrogen-bond donors (Lipinski definition) is 2. The molecule has 0 bridgehead atoms. The van der Waals surface area contributed by atoms with Crippen LogP contribution in [0, 0.1) is 0 Å². The lowest BCUT2D eigenvalue weighted by atomic mass is 10.1. The molecule has 4 nitrogen and oxygen atoms in total. The summed E-state index contributed by atoms with van der Waals surface area (Å²) < 4.78 is 10.2. The monoisotopic (exact) mass is 231 g/mol. The molecule has 0 aliphatic rings. The van der Waals surface area contributed by atoms with E-state index in [0.29, 0.717) is 23.6 Å². The molecule has 0 fully saturated rings. The van der Waals surface area contributed by atoms with Crippen molar-refractivity contribution >= 4 is 11.6 Å². The van der Waals surface area contributed by atoms with E-state index in [1.165, 1.54) is 14.2 Å². The van der Waals surface area contributed by atoms with Crippen molar-refractivity contribution in [3.8, 4) is 17.2 Å². The number of phenolic OH excluding ortho intramolecular Hbond substituents is 1. The van der Waals surface area contributed by atoms with Crippen molar-refractivity contribution < 1.29 is 14.6 Å². The molecule has 0 saturated heterocycles. The Labute approximate surface area is 93.8 Å². The minimum atomic E-state index is 0.0173. The Hall–Kier alpha value is -1.13. The van der Waals surface area contributed by atoms with Crippen LogP contribution < -0.4 is 14.8 Å². The molecule has 1 aromatic carbocycles. The first-order valence-electron chi connectivity index (χ1n) is 4.42. The summed E-state index contributed by atoms with van der Waals surface area (Å²) >= 11 is 5.94. The summed E-state index contributed by atoms with van der Waals surface area (Å²) in [6.07, 6.45) is 0. The second-order valence-electron chi connectivity index (χ2n) is 2.96. The van der Waals surface area contributed by atoms with Gasteiger partial charge in [0.25, 0.3) is 0 Å². The number of methoxy groups -OCH3 is 2. The van der Waals surface area contributed by atoms with Crippen LogP contribution in [0.2, 0.25) is 5.02 Å². The number of nitrogens with one attached hydrogen (secondary N) is 1. The molecule has 2 N–H and O–H groups in total. The average molecular weight is 232 g/mol. The SMILES string of the molecule is CNCc1cc(OC)c(OC)c(Cl)c1O. The van der Waals surface area contributed by atoms with Gasteiger partial charge in [0.05, 0.1) is 14.2 Å². The largest absolute Gasteiger partial charge is 0.506 e. The molecule has 0 atom stereocenters. The third kappa shape index (κ3) is 2.27. The van der Waals surface area contributed by atoms with Crippen molar-refractivity contribution in [1.29, 1.82) is 0 Å². The molecular formula is C10H14ClNO3. The summed E-state index contributed by atoms with van der Waals surface area (Å²) in [6.45, 7) is 0.506. The van der Waals surface area contributed by atoms with E-state index in [1.54, 1.807) is 13.1 Å². The molecule has 0 aliphatic carbocycles. The van der Waals surface area contributed by atoms with Gasteiger partial charge in [0.15, 0.2) is 11.5 Å². The number of benzene rings is 1. The van der Waals surface area contributed by atoms with Gasteiger partial charge in [0.2, 0.25) is 0 Å². The van der Waals surface area contributed by atoms with E-state index in [1.807, 2.05) is 0 Å². The van der Waals surface area contributed by atoms with Gasteiger partial charge in [-0.2, -0.15) is 0 Å². The number of phenols is 1. The van der Waals surface area contributed by atoms with Gasteiger partial charge in [-0.25, -0.2) is 0 Å². The van der Waals surface area contributed by atoms with Crippen LogP contribution in [-0.2, 0) is 6.54 Å². The van der Waals surface area contributed by atoms with E-state index in [-0.39, 0.29) is 10.8 Å². The fourth-order valence-electron chi connectivity index (χ4n) is 1.32. The fourth-order valence-corrected chi connectivity index (χ4v) is 1.61. The van der Waals surface area contributed by atoms with Crippen LogP contribution in [0.1, 0.15) is 5.56 Å². The number of rotatable bonds is 4. The first-order chi connectivity index (χ1) is 7.15. The highest BCUT2D eigenvalue weighted by atomic mass is 35.5. The van der Waals surface area contributed by atoms with E-state index < -0.39 is 0 Å². The summed E-state index contributed by atoms with van der Waals surface area (Å²) in [5.74, 6) is 0.866. The van der Waals surface area contributed by atoms with Crippen molar-refractivity contribution in [3.05, 3.63) is 16.7 Å². The van der Waals surface area contributed by atoms with Crippen molar-refractivity contribution in [2.24, 2.45) is 0 Å².